The highest BCUT2D eigenvalue weighted by molar-refractivity contribution is 6.02. The molecule has 4 heteroatoms. The Morgan fingerprint density at radius 1 is 1.12 bits per heavy atom. The third-order valence-corrected chi connectivity index (χ3v) is 3.45. The number of nitrogens with one attached hydrogen (secondary N) is 1. The zero-order valence-electron chi connectivity index (χ0n) is 14.1. The van der Waals surface area contributed by atoms with Crippen LogP contribution in [0, 0.1) is 0 Å². The first-order valence-electron chi connectivity index (χ1n) is 8.08. The number of carbonyl (C=O) groups excluding carboxylic acids is 1. The van der Waals surface area contributed by atoms with E-state index >= 15 is 0 Å². The second-order valence-corrected chi connectivity index (χ2v) is 5.29. The Labute approximate surface area is 143 Å². The lowest BCUT2D eigenvalue weighted by Gasteiger charge is -2.08. The molecule has 2 aromatic carbocycles. The lowest BCUT2D eigenvalue weighted by molar-refractivity contribution is -0.111. The lowest BCUT2D eigenvalue weighted by Crippen LogP contribution is -2.07. The van der Waals surface area contributed by atoms with Crippen LogP contribution in [0.1, 0.15) is 25.3 Å². The van der Waals surface area contributed by atoms with Crippen LogP contribution in [0.3, 0.4) is 0 Å². The van der Waals surface area contributed by atoms with Gasteiger partial charge in [-0.15, -0.1) is 0 Å². The Kier molecular flexibility index (Phi) is 6.90. The van der Waals surface area contributed by atoms with Crippen molar-refractivity contribution >= 4 is 17.7 Å². The summed E-state index contributed by atoms with van der Waals surface area (Å²) in [5, 5.41) is 2.81. The second kappa shape index (κ2) is 9.40. The number of anilines is 1. The largest absolute Gasteiger partial charge is 0.497 e. The highest BCUT2D eigenvalue weighted by Crippen LogP contribution is 2.20. The van der Waals surface area contributed by atoms with Crippen molar-refractivity contribution in [3.05, 3.63) is 60.2 Å². The fourth-order valence-corrected chi connectivity index (χ4v) is 2.10. The van der Waals surface area contributed by atoms with Gasteiger partial charge in [0, 0.05) is 17.3 Å². The maximum Gasteiger partial charge on any atom is 0.248 e. The number of ether oxygens (including phenoxy) is 2. The Bertz CT molecular complexity index is 678. The van der Waals surface area contributed by atoms with E-state index in [9.17, 15) is 4.79 Å². The van der Waals surface area contributed by atoms with Crippen molar-refractivity contribution in [1.82, 2.24) is 0 Å². The molecule has 1 amide bonds. The number of unbranched alkanes of at least 4 members (excludes halogenated alkanes) is 1. The molecule has 0 bridgehead atoms. The van der Waals surface area contributed by atoms with Gasteiger partial charge in [-0.1, -0.05) is 31.5 Å². The van der Waals surface area contributed by atoms with E-state index < -0.39 is 0 Å². The summed E-state index contributed by atoms with van der Waals surface area (Å²) in [5.41, 5.74) is 1.61. The number of rotatable bonds is 8. The average molecular weight is 325 g/mol. The van der Waals surface area contributed by atoms with Gasteiger partial charge in [0.05, 0.1) is 13.7 Å². The highest BCUT2D eigenvalue weighted by Gasteiger charge is 2.02. The zero-order chi connectivity index (χ0) is 17.2. The molecule has 0 heterocycles. The van der Waals surface area contributed by atoms with E-state index in [-0.39, 0.29) is 5.91 Å². The molecule has 2 aromatic rings. The molecular formula is C20H23NO3. The van der Waals surface area contributed by atoms with Gasteiger partial charge in [0.25, 0.3) is 0 Å². The van der Waals surface area contributed by atoms with Gasteiger partial charge in [-0.25, -0.2) is 0 Å². The predicted octanol–water partition coefficient (Wildman–Crippen LogP) is 4.53. The number of hydrogen-bond donors (Lipinski definition) is 1. The van der Waals surface area contributed by atoms with Crippen LogP contribution in [-0.2, 0) is 4.79 Å². The highest BCUT2D eigenvalue weighted by atomic mass is 16.5. The van der Waals surface area contributed by atoms with Crippen molar-refractivity contribution in [2.45, 2.75) is 19.8 Å². The SMILES string of the molecule is CCCCOc1ccccc1C=CC(=O)Nc1ccc(OC)cc1. The molecule has 0 fully saturated rings. The van der Waals surface area contributed by atoms with Crippen molar-refractivity contribution in [2.24, 2.45) is 0 Å². The lowest BCUT2D eigenvalue weighted by atomic mass is 10.2. The average Bonchev–Trinajstić information content (AvgIpc) is 2.62. The second-order valence-electron chi connectivity index (χ2n) is 5.29. The molecule has 0 aromatic heterocycles. The summed E-state index contributed by atoms with van der Waals surface area (Å²) in [6.07, 6.45) is 5.37. The van der Waals surface area contributed by atoms with Crippen LogP contribution < -0.4 is 14.8 Å². The van der Waals surface area contributed by atoms with Gasteiger partial charge in [-0.05, 0) is 42.8 Å². The van der Waals surface area contributed by atoms with Crippen molar-refractivity contribution in [3.8, 4) is 11.5 Å². The van der Waals surface area contributed by atoms with Crippen LogP contribution >= 0.6 is 0 Å². The predicted molar refractivity (Wildman–Crippen MR) is 97.5 cm³/mol. The number of para-hydroxylation sites is 1. The molecule has 0 aliphatic rings. The first-order chi connectivity index (χ1) is 11.7. The molecule has 1 N–H and O–H groups in total. The fraction of sp³-hybridized carbons (Fsp3) is 0.250. The summed E-state index contributed by atoms with van der Waals surface area (Å²) < 4.78 is 10.8. The van der Waals surface area contributed by atoms with Crippen LogP contribution in [-0.4, -0.2) is 19.6 Å². The summed E-state index contributed by atoms with van der Waals surface area (Å²) in [4.78, 5) is 12.0. The molecule has 0 atom stereocenters. The van der Waals surface area contributed by atoms with Crippen molar-refractivity contribution in [1.29, 1.82) is 0 Å². The minimum absolute atomic E-state index is 0.191. The number of carbonyl (C=O) groups is 1. The summed E-state index contributed by atoms with van der Waals surface area (Å²) in [6.45, 7) is 2.80. The summed E-state index contributed by atoms with van der Waals surface area (Å²) in [5.74, 6) is 1.35. The van der Waals surface area contributed by atoms with Crippen molar-refractivity contribution in [3.63, 3.8) is 0 Å². The molecule has 0 unspecified atom stereocenters. The molecule has 0 aliphatic carbocycles. The number of amides is 1. The monoisotopic (exact) mass is 325 g/mol. The molecule has 24 heavy (non-hydrogen) atoms. The van der Waals surface area contributed by atoms with Gasteiger partial charge < -0.3 is 14.8 Å². The van der Waals surface area contributed by atoms with E-state index in [1.807, 2.05) is 24.3 Å². The van der Waals surface area contributed by atoms with Gasteiger partial charge >= 0.3 is 0 Å². The standard InChI is InChI=1S/C20H23NO3/c1-3-4-15-24-19-8-6-5-7-16(19)9-14-20(22)21-17-10-12-18(23-2)13-11-17/h5-14H,3-4,15H2,1-2H3,(H,21,22). The Hall–Kier alpha value is -2.75. The molecule has 2 rings (SSSR count). The molecule has 0 aliphatic heterocycles. The Morgan fingerprint density at radius 3 is 2.58 bits per heavy atom. The normalized spacial score (nSPS) is 10.6. The third-order valence-electron chi connectivity index (χ3n) is 3.45. The maximum atomic E-state index is 12.0. The van der Waals surface area contributed by atoms with Crippen LogP contribution in [0.25, 0.3) is 6.08 Å². The van der Waals surface area contributed by atoms with E-state index in [0.717, 1.165) is 35.6 Å². The van der Waals surface area contributed by atoms with Gasteiger partial charge in [0.15, 0.2) is 0 Å². The maximum absolute atomic E-state index is 12.0. The molecule has 0 saturated heterocycles. The molecule has 0 radical (unpaired) electrons. The van der Waals surface area contributed by atoms with E-state index in [1.165, 1.54) is 6.08 Å². The Balaban J connectivity index is 1.97. The molecule has 0 spiro atoms. The topological polar surface area (TPSA) is 47.6 Å². The third kappa shape index (κ3) is 5.47. The van der Waals surface area contributed by atoms with E-state index in [1.54, 1.807) is 37.5 Å². The minimum Gasteiger partial charge on any atom is -0.497 e. The number of benzene rings is 2. The summed E-state index contributed by atoms with van der Waals surface area (Å²) in [6, 6.07) is 14.9. The van der Waals surface area contributed by atoms with E-state index in [2.05, 4.69) is 12.2 Å². The zero-order valence-corrected chi connectivity index (χ0v) is 14.1. The molecule has 0 saturated carbocycles. The first kappa shape index (κ1) is 17.6. The fourth-order valence-electron chi connectivity index (χ4n) is 2.10. The van der Waals surface area contributed by atoms with Gasteiger partial charge in [0.1, 0.15) is 11.5 Å². The molecule has 126 valence electrons. The van der Waals surface area contributed by atoms with E-state index in [4.69, 9.17) is 9.47 Å². The number of hydrogen-bond acceptors (Lipinski definition) is 3. The van der Waals surface area contributed by atoms with Crippen molar-refractivity contribution < 1.29 is 14.3 Å². The van der Waals surface area contributed by atoms with Crippen LogP contribution in [0.15, 0.2) is 54.6 Å². The Morgan fingerprint density at radius 2 is 1.88 bits per heavy atom. The number of methoxy groups -OCH3 is 1. The van der Waals surface area contributed by atoms with Gasteiger partial charge in [-0.2, -0.15) is 0 Å². The quantitative estimate of drug-likeness (QED) is 0.573. The summed E-state index contributed by atoms with van der Waals surface area (Å²) in [7, 11) is 1.61. The molecule has 4 nitrogen and oxygen atoms in total. The molecular weight excluding hydrogens is 302 g/mol. The van der Waals surface area contributed by atoms with Crippen molar-refractivity contribution in [2.75, 3.05) is 19.0 Å². The van der Waals surface area contributed by atoms with Crippen LogP contribution in [0.5, 0.6) is 11.5 Å². The summed E-state index contributed by atoms with van der Waals surface area (Å²) >= 11 is 0. The van der Waals surface area contributed by atoms with Gasteiger partial charge in [0.2, 0.25) is 5.91 Å². The van der Waals surface area contributed by atoms with Gasteiger partial charge in [-0.3, -0.25) is 4.79 Å². The van der Waals surface area contributed by atoms with Crippen LogP contribution in [0.2, 0.25) is 0 Å². The van der Waals surface area contributed by atoms with Crippen LogP contribution in [0.4, 0.5) is 5.69 Å². The first-order valence-corrected chi connectivity index (χ1v) is 8.08. The van der Waals surface area contributed by atoms with E-state index in [0.29, 0.717) is 6.61 Å². The smallest absolute Gasteiger partial charge is 0.248 e. The minimum atomic E-state index is -0.191.